The lowest BCUT2D eigenvalue weighted by Gasteiger charge is -2.22. The van der Waals surface area contributed by atoms with Crippen molar-refractivity contribution in [3.8, 4) is 0 Å². The van der Waals surface area contributed by atoms with E-state index in [2.05, 4.69) is 4.74 Å². The summed E-state index contributed by atoms with van der Waals surface area (Å²) in [6.07, 6.45) is -5.09. The maximum Gasteiger partial charge on any atom is 0.471 e. The molecule has 0 aliphatic carbocycles. The van der Waals surface area contributed by atoms with E-state index in [4.69, 9.17) is 5.73 Å². The molecule has 5 nitrogen and oxygen atoms in total. The largest absolute Gasteiger partial charge is 0.471 e. The van der Waals surface area contributed by atoms with Gasteiger partial charge in [0.1, 0.15) is 6.54 Å². The molecule has 0 fully saturated rings. The molecule has 0 aliphatic rings. The summed E-state index contributed by atoms with van der Waals surface area (Å²) in [6.45, 7) is -0.835. The number of nitrogen functional groups attached to an aromatic ring is 1. The third-order valence-electron chi connectivity index (χ3n) is 2.21. The lowest BCUT2D eigenvalue weighted by molar-refractivity contribution is -0.171. The highest BCUT2D eigenvalue weighted by Gasteiger charge is 2.43. The first-order valence-corrected chi connectivity index (χ1v) is 5.06. The second kappa shape index (κ2) is 5.59. The van der Waals surface area contributed by atoms with Gasteiger partial charge in [0.15, 0.2) is 0 Å². The van der Waals surface area contributed by atoms with Crippen molar-refractivity contribution in [1.29, 1.82) is 0 Å². The van der Waals surface area contributed by atoms with E-state index < -0.39 is 24.6 Å². The Morgan fingerprint density at radius 3 is 2.21 bits per heavy atom. The number of alkyl halides is 3. The van der Waals surface area contributed by atoms with Crippen molar-refractivity contribution >= 4 is 23.3 Å². The van der Waals surface area contributed by atoms with Gasteiger partial charge in [0.05, 0.1) is 7.11 Å². The Bertz CT molecular complexity index is 471. The molecule has 0 heterocycles. The number of benzene rings is 1. The third-order valence-corrected chi connectivity index (χ3v) is 2.21. The van der Waals surface area contributed by atoms with E-state index in [-0.39, 0.29) is 10.6 Å². The Balaban J connectivity index is 3.08. The number of esters is 1. The minimum atomic E-state index is -5.09. The lowest BCUT2D eigenvalue weighted by atomic mass is 10.2. The van der Waals surface area contributed by atoms with Gasteiger partial charge in [-0.1, -0.05) is 0 Å². The average molecular weight is 276 g/mol. The molecular formula is C11H11F3N2O3. The molecule has 0 aliphatic heterocycles. The average Bonchev–Trinajstić information content (AvgIpc) is 2.35. The molecule has 104 valence electrons. The van der Waals surface area contributed by atoms with E-state index in [0.717, 1.165) is 7.11 Å². The zero-order chi connectivity index (χ0) is 14.6. The van der Waals surface area contributed by atoms with Crippen LogP contribution in [-0.4, -0.2) is 31.7 Å². The third kappa shape index (κ3) is 3.87. The molecular weight excluding hydrogens is 265 g/mol. The number of nitrogens with zero attached hydrogens (tertiary/aromatic N) is 1. The highest BCUT2D eigenvalue weighted by atomic mass is 19.4. The van der Waals surface area contributed by atoms with Gasteiger partial charge in [-0.25, -0.2) is 0 Å². The lowest BCUT2D eigenvalue weighted by Crippen LogP contribution is -2.44. The Kier molecular flexibility index (Phi) is 4.36. The van der Waals surface area contributed by atoms with E-state index >= 15 is 0 Å². The number of methoxy groups -OCH3 is 1. The number of rotatable bonds is 3. The SMILES string of the molecule is COC(=O)CN(C(=O)C(F)(F)F)c1ccc(N)cc1. The van der Waals surface area contributed by atoms with Crippen LogP contribution in [0.5, 0.6) is 0 Å². The summed E-state index contributed by atoms with van der Waals surface area (Å²) in [7, 11) is 1.02. The molecule has 19 heavy (non-hydrogen) atoms. The molecule has 8 heteroatoms. The monoisotopic (exact) mass is 276 g/mol. The summed E-state index contributed by atoms with van der Waals surface area (Å²) in [4.78, 5) is 22.6. The van der Waals surface area contributed by atoms with Crippen LogP contribution in [0.25, 0.3) is 0 Å². The zero-order valence-corrected chi connectivity index (χ0v) is 9.90. The molecule has 1 rings (SSSR count). The van der Waals surface area contributed by atoms with Crippen LogP contribution in [0, 0.1) is 0 Å². The van der Waals surface area contributed by atoms with Crippen molar-refractivity contribution in [1.82, 2.24) is 0 Å². The molecule has 0 unspecified atom stereocenters. The Morgan fingerprint density at radius 2 is 1.79 bits per heavy atom. The van der Waals surface area contributed by atoms with Crippen LogP contribution >= 0.6 is 0 Å². The molecule has 0 aromatic heterocycles. The van der Waals surface area contributed by atoms with Gasteiger partial charge in [0.25, 0.3) is 0 Å². The van der Waals surface area contributed by atoms with Gasteiger partial charge in [0, 0.05) is 11.4 Å². The van der Waals surface area contributed by atoms with Gasteiger partial charge in [-0.05, 0) is 24.3 Å². The fraction of sp³-hybridized carbons (Fsp3) is 0.273. The summed E-state index contributed by atoms with van der Waals surface area (Å²) in [6, 6.07) is 5.07. The molecule has 0 radical (unpaired) electrons. The van der Waals surface area contributed by atoms with Gasteiger partial charge in [0.2, 0.25) is 0 Å². The summed E-state index contributed by atoms with van der Waals surface area (Å²) in [5.74, 6) is -3.11. The number of nitrogens with two attached hydrogens (primary N) is 1. The van der Waals surface area contributed by atoms with Crippen molar-refractivity contribution < 1.29 is 27.5 Å². The Labute approximate surface area is 106 Å². The van der Waals surface area contributed by atoms with E-state index in [1.54, 1.807) is 0 Å². The van der Waals surface area contributed by atoms with Gasteiger partial charge in [-0.2, -0.15) is 13.2 Å². The molecule has 0 spiro atoms. The quantitative estimate of drug-likeness (QED) is 0.668. The molecule has 0 bridgehead atoms. The molecule has 2 N–H and O–H groups in total. The smallest absolute Gasteiger partial charge is 0.468 e. The minimum absolute atomic E-state index is 0.0954. The molecule has 0 saturated heterocycles. The first kappa shape index (κ1) is 14.8. The van der Waals surface area contributed by atoms with Crippen molar-refractivity contribution in [2.45, 2.75) is 6.18 Å². The fourth-order valence-electron chi connectivity index (χ4n) is 1.28. The maximum atomic E-state index is 12.5. The number of ether oxygens (including phenoxy) is 1. The summed E-state index contributed by atoms with van der Waals surface area (Å²) < 4.78 is 41.6. The van der Waals surface area contributed by atoms with Crippen LogP contribution in [0.1, 0.15) is 0 Å². The fourth-order valence-corrected chi connectivity index (χ4v) is 1.28. The number of anilines is 2. The van der Waals surface area contributed by atoms with E-state index in [1.165, 1.54) is 24.3 Å². The Hall–Kier alpha value is -2.25. The van der Waals surface area contributed by atoms with Gasteiger partial charge < -0.3 is 10.5 Å². The van der Waals surface area contributed by atoms with E-state index in [0.29, 0.717) is 5.69 Å². The first-order valence-electron chi connectivity index (χ1n) is 5.06. The van der Waals surface area contributed by atoms with Crippen molar-refractivity contribution in [2.24, 2.45) is 0 Å². The summed E-state index contributed by atoms with van der Waals surface area (Å²) in [5, 5.41) is 0. The van der Waals surface area contributed by atoms with Crippen LogP contribution in [0.3, 0.4) is 0 Å². The first-order chi connectivity index (χ1) is 8.75. The number of hydrogen-bond donors (Lipinski definition) is 1. The maximum absolute atomic E-state index is 12.5. The second-order valence-corrected chi connectivity index (χ2v) is 3.56. The van der Waals surface area contributed by atoms with E-state index in [1.807, 2.05) is 0 Å². The molecule has 0 atom stereocenters. The molecule has 1 aromatic rings. The normalized spacial score (nSPS) is 10.9. The van der Waals surface area contributed by atoms with Crippen molar-refractivity contribution in [2.75, 3.05) is 24.3 Å². The van der Waals surface area contributed by atoms with Gasteiger partial charge in [-0.15, -0.1) is 0 Å². The predicted octanol–water partition coefficient (Wildman–Crippen LogP) is 1.34. The number of halogens is 3. The number of carbonyl (C=O) groups is 2. The van der Waals surface area contributed by atoms with Gasteiger partial charge in [-0.3, -0.25) is 14.5 Å². The van der Waals surface area contributed by atoms with Crippen LogP contribution in [0.4, 0.5) is 24.5 Å². The standard InChI is InChI=1S/C11H11F3N2O3/c1-19-9(17)6-16(10(18)11(12,13)14)8-4-2-7(15)3-5-8/h2-5H,6,15H2,1H3. The van der Waals surface area contributed by atoms with Crippen LogP contribution < -0.4 is 10.6 Å². The number of amides is 1. The van der Waals surface area contributed by atoms with Crippen LogP contribution in [0.15, 0.2) is 24.3 Å². The van der Waals surface area contributed by atoms with Crippen molar-refractivity contribution in [3.63, 3.8) is 0 Å². The second-order valence-electron chi connectivity index (χ2n) is 3.56. The minimum Gasteiger partial charge on any atom is -0.468 e. The van der Waals surface area contributed by atoms with E-state index in [9.17, 15) is 22.8 Å². The molecule has 0 saturated carbocycles. The Morgan fingerprint density at radius 1 is 1.26 bits per heavy atom. The molecule has 1 amide bonds. The summed E-state index contributed by atoms with van der Waals surface area (Å²) >= 11 is 0. The summed E-state index contributed by atoms with van der Waals surface area (Å²) in [5.41, 5.74) is 5.62. The number of hydrogen-bond acceptors (Lipinski definition) is 4. The zero-order valence-electron chi connectivity index (χ0n) is 9.90. The van der Waals surface area contributed by atoms with Crippen LogP contribution in [-0.2, 0) is 14.3 Å². The number of carbonyl (C=O) groups excluding carboxylic acids is 2. The van der Waals surface area contributed by atoms with Crippen LogP contribution in [0.2, 0.25) is 0 Å². The van der Waals surface area contributed by atoms with Gasteiger partial charge >= 0.3 is 18.1 Å². The highest BCUT2D eigenvalue weighted by molar-refractivity contribution is 6.00. The topological polar surface area (TPSA) is 72.6 Å². The van der Waals surface area contributed by atoms with Crippen molar-refractivity contribution in [3.05, 3.63) is 24.3 Å². The molecule has 1 aromatic carbocycles. The highest BCUT2D eigenvalue weighted by Crippen LogP contribution is 2.24. The predicted molar refractivity (Wildman–Crippen MR) is 61.3 cm³/mol.